The van der Waals surface area contributed by atoms with E-state index >= 15 is 0 Å². The van der Waals surface area contributed by atoms with Crippen LogP contribution in [0.1, 0.15) is 32.3 Å². The number of aryl methyl sites for hydroxylation is 1. The number of rotatable bonds is 7. The summed E-state index contributed by atoms with van der Waals surface area (Å²) < 4.78 is 11.1. The Labute approximate surface area is 161 Å². The minimum atomic E-state index is -0.470. The number of nitrogens with two attached hydrogens (primary N) is 1. The number of esters is 1. The van der Waals surface area contributed by atoms with Crippen LogP contribution in [0.25, 0.3) is 0 Å². The molecule has 0 aliphatic heterocycles. The molecule has 0 aliphatic rings. The number of aliphatic hydroxyl groups excluding tert-OH is 1. The topological polar surface area (TPSA) is 120 Å². The van der Waals surface area contributed by atoms with Crippen LogP contribution < -0.4 is 11.3 Å². The number of carbonyl (C=O) groups is 1. The van der Waals surface area contributed by atoms with Gasteiger partial charge in [0.25, 0.3) is 5.56 Å². The van der Waals surface area contributed by atoms with E-state index in [1.165, 1.54) is 19.7 Å². The SMILES string of the molecule is CCC.[B]COC(=O)CN.[B][C@H](CCn1cc(CO)c(=O)[nH]c1=S)OC. The Bertz CT molecular complexity index is 610. The van der Waals surface area contributed by atoms with Gasteiger partial charge in [0.15, 0.2) is 4.77 Å². The zero-order chi connectivity index (χ0) is 20.5. The van der Waals surface area contributed by atoms with Gasteiger partial charge in [-0.2, -0.15) is 0 Å². The molecule has 0 unspecified atom stereocenters. The van der Waals surface area contributed by atoms with E-state index in [9.17, 15) is 9.59 Å². The molecule has 4 radical (unpaired) electrons. The lowest BCUT2D eigenvalue weighted by molar-refractivity contribution is -0.139. The van der Waals surface area contributed by atoms with Crippen molar-refractivity contribution in [2.24, 2.45) is 5.73 Å². The second-order valence-electron chi connectivity index (χ2n) is 4.92. The van der Waals surface area contributed by atoms with Gasteiger partial charge in [0.1, 0.15) is 15.7 Å². The van der Waals surface area contributed by atoms with Crippen molar-refractivity contribution < 1.29 is 19.4 Å². The van der Waals surface area contributed by atoms with Gasteiger partial charge >= 0.3 is 5.97 Å². The number of carbonyl (C=O) groups excluding carboxylic acids is 1. The summed E-state index contributed by atoms with van der Waals surface area (Å²) in [4.78, 5) is 23.7. The number of ether oxygens (including phenoxy) is 2. The Balaban J connectivity index is 0. The highest BCUT2D eigenvalue weighted by atomic mass is 32.1. The van der Waals surface area contributed by atoms with Gasteiger partial charge < -0.3 is 24.9 Å². The standard InChI is InChI=1S/C9H13BN2O3S.C3H6BNO2.C3H8/c1-15-7(10)2-3-12-4-6(5-13)8(14)11-9(12)16;4-2-7-3(6)1-5;1-3-2/h4,7,13H,2-3,5H2,1H3,(H,11,14,16);1-2,5H2;3H2,1-2H3/t7-;;/m0../s1. The van der Waals surface area contributed by atoms with Crippen molar-refractivity contribution in [2.45, 2.75) is 45.8 Å². The van der Waals surface area contributed by atoms with E-state index in [2.05, 4.69) is 23.6 Å². The van der Waals surface area contributed by atoms with Crippen molar-refractivity contribution in [3.8, 4) is 0 Å². The summed E-state index contributed by atoms with van der Waals surface area (Å²) in [6.45, 7) is 4.27. The molecule has 0 amide bonds. The van der Waals surface area contributed by atoms with Crippen molar-refractivity contribution in [1.82, 2.24) is 9.55 Å². The van der Waals surface area contributed by atoms with E-state index < -0.39 is 5.97 Å². The minimum Gasteiger partial charge on any atom is -0.475 e. The summed E-state index contributed by atoms with van der Waals surface area (Å²) in [5.74, 6) is -0.470. The summed E-state index contributed by atoms with van der Waals surface area (Å²) in [5, 5.41) is 8.94. The van der Waals surface area contributed by atoms with E-state index in [1.807, 2.05) is 0 Å². The van der Waals surface area contributed by atoms with E-state index in [-0.39, 0.29) is 36.8 Å². The van der Waals surface area contributed by atoms with Gasteiger partial charge in [0, 0.05) is 32.4 Å². The van der Waals surface area contributed by atoms with Gasteiger partial charge in [0.05, 0.1) is 18.7 Å². The van der Waals surface area contributed by atoms with E-state index in [4.69, 9.17) is 43.5 Å². The highest BCUT2D eigenvalue weighted by molar-refractivity contribution is 7.71. The number of aromatic amines is 1. The largest absolute Gasteiger partial charge is 0.475 e. The maximum atomic E-state index is 11.3. The van der Waals surface area contributed by atoms with Crippen molar-refractivity contribution in [3.63, 3.8) is 0 Å². The zero-order valence-electron chi connectivity index (χ0n) is 15.6. The number of hydrogen-bond donors (Lipinski definition) is 3. The minimum absolute atomic E-state index is 0.0873. The van der Waals surface area contributed by atoms with Crippen LogP contribution in [0, 0.1) is 4.77 Å². The lowest BCUT2D eigenvalue weighted by atomic mass is 9.97. The van der Waals surface area contributed by atoms with Crippen LogP contribution in [0.4, 0.5) is 0 Å². The molecule has 1 atom stereocenters. The number of aliphatic hydroxyl groups is 1. The second kappa shape index (κ2) is 17.0. The van der Waals surface area contributed by atoms with Gasteiger partial charge in [-0.3, -0.25) is 14.6 Å². The third kappa shape index (κ3) is 12.9. The lowest BCUT2D eigenvalue weighted by Gasteiger charge is -2.12. The second-order valence-corrected chi connectivity index (χ2v) is 5.31. The molecular weight excluding hydrogens is 356 g/mol. The van der Waals surface area contributed by atoms with Crippen molar-refractivity contribution in [1.29, 1.82) is 0 Å². The highest BCUT2D eigenvalue weighted by Gasteiger charge is 2.04. The van der Waals surface area contributed by atoms with Crippen molar-refractivity contribution in [2.75, 3.05) is 20.2 Å². The molecule has 0 saturated heterocycles. The average molecular weight is 383 g/mol. The molecule has 0 fully saturated rings. The molecule has 0 saturated carbocycles. The molecule has 4 N–H and O–H groups in total. The zero-order valence-corrected chi connectivity index (χ0v) is 16.4. The van der Waals surface area contributed by atoms with Crippen LogP contribution in [-0.2, 0) is 27.4 Å². The number of nitrogens with zero attached hydrogens (tertiary/aromatic N) is 1. The summed E-state index contributed by atoms with van der Waals surface area (Å²) in [5.41, 5.74) is 4.74. The molecule has 1 heterocycles. The number of hydrogen-bond acceptors (Lipinski definition) is 7. The Morgan fingerprint density at radius 2 is 2.08 bits per heavy atom. The molecule has 0 bridgehead atoms. The molecule has 26 heavy (non-hydrogen) atoms. The maximum absolute atomic E-state index is 11.3. The predicted octanol–water partition coefficient (Wildman–Crippen LogP) is -0.0401. The molecule has 144 valence electrons. The predicted molar refractivity (Wildman–Crippen MR) is 105 cm³/mol. The molecule has 1 rings (SSSR count). The summed E-state index contributed by atoms with van der Waals surface area (Å²) in [6.07, 6.45) is 3.35. The first-order valence-corrected chi connectivity index (χ1v) is 8.49. The van der Waals surface area contributed by atoms with Crippen LogP contribution in [0.3, 0.4) is 0 Å². The third-order valence-corrected chi connectivity index (χ3v) is 2.96. The third-order valence-electron chi connectivity index (χ3n) is 2.62. The summed E-state index contributed by atoms with van der Waals surface area (Å²) in [7, 11) is 11.9. The molecule has 1 aromatic heterocycles. The smallest absolute Gasteiger partial charge is 0.318 e. The normalized spacial score (nSPS) is 10.7. The average Bonchev–Trinajstić information content (AvgIpc) is 2.62. The fraction of sp³-hybridized carbons (Fsp3) is 0.667. The van der Waals surface area contributed by atoms with Crippen LogP contribution in [-0.4, -0.2) is 62.5 Å². The highest BCUT2D eigenvalue weighted by Crippen LogP contribution is 1.99. The van der Waals surface area contributed by atoms with Crippen molar-refractivity contribution in [3.05, 3.63) is 26.9 Å². The van der Waals surface area contributed by atoms with E-state index in [1.54, 1.807) is 4.57 Å². The van der Waals surface area contributed by atoms with Crippen LogP contribution >= 0.6 is 12.2 Å². The van der Waals surface area contributed by atoms with Crippen LogP contribution in [0.2, 0.25) is 0 Å². The van der Waals surface area contributed by atoms with Crippen LogP contribution in [0.15, 0.2) is 11.0 Å². The quantitative estimate of drug-likeness (QED) is 0.343. The summed E-state index contributed by atoms with van der Waals surface area (Å²) in [6, 6.07) is -0.369. The maximum Gasteiger partial charge on any atom is 0.318 e. The van der Waals surface area contributed by atoms with E-state index in [0.717, 1.165) is 0 Å². The van der Waals surface area contributed by atoms with Gasteiger partial charge in [-0.25, -0.2) is 0 Å². The molecule has 11 heteroatoms. The van der Waals surface area contributed by atoms with Crippen LogP contribution in [0.5, 0.6) is 0 Å². The van der Waals surface area contributed by atoms with Crippen molar-refractivity contribution >= 4 is 33.9 Å². The van der Waals surface area contributed by atoms with Gasteiger partial charge in [-0.15, -0.1) is 0 Å². The Hall–Kier alpha value is -1.42. The van der Waals surface area contributed by atoms with Gasteiger partial charge in [-0.05, 0) is 18.6 Å². The molecule has 0 aromatic carbocycles. The number of nitrogens with one attached hydrogen (secondary N) is 1. The molecule has 8 nitrogen and oxygen atoms in total. The van der Waals surface area contributed by atoms with Gasteiger partial charge in [-0.1, -0.05) is 20.3 Å². The molecule has 0 aliphatic carbocycles. The fourth-order valence-corrected chi connectivity index (χ4v) is 1.61. The monoisotopic (exact) mass is 383 g/mol. The molecule has 1 aromatic rings. The van der Waals surface area contributed by atoms with Gasteiger partial charge in [0.2, 0.25) is 0 Å². The number of aromatic nitrogens is 2. The first-order valence-electron chi connectivity index (χ1n) is 8.08. The molecule has 0 spiro atoms. The Kier molecular flexibility index (Phi) is 17.5. The number of methoxy groups -OCH3 is 1. The first-order chi connectivity index (χ1) is 12.3. The lowest BCUT2D eigenvalue weighted by Crippen LogP contribution is -2.20. The first kappa shape index (κ1) is 26.8. The Morgan fingerprint density at radius 1 is 1.50 bits per heavy atom. The Morgan fingerprint density at radius 3 is 2.46 bits per heavy atom. The molecular formula is C15H27B2N3O5S. The summed E-state index contributed by atoms with van der Waals surface area (Å²) >= 11 is 4.98. The van der Waals surface area contributed by atoms with E-state index in [0.29, 0.717) is 17.7 Å². The fourth-order valence-electron chi connectivity index (χ4n) is 1.37. The number of H-pyrrole nitrogens is 1.